The van der Waals surface area contributed by atoms with Crippen LogP contribution in [0.5, 0.6) is 0 Å². The van der Waals surface area contributed by atoms with Gasteiger partial charge in [-0.25, -0.2) is 0 Å². The highest BCUT2D eigenvalue weighted by Crippen LogP contribution is 2.33. The lowest BCUT2D eigenvalue weighted by molar-refractivity contribution is -0.225. The lowest BCUT2D eigenvalue weighted by Crippen LogP contribution is -2.56. The van der Waals surface area contributed by atoms with Gasteiger partial charge in [-0.05, 0) is 20.8 Å². The maximum Gasteiger partial charge on any atom is 0.303 e. The third-order valence-electron chi connectivity index (χ3n) is 2.93. The van der Waals surface area contributed by atoms with Crippen molar-refractivity contribution in [3.05, 3.63) is 0 Å². The van der Waals surface area contributed by atoms with Crippen molar-refractivity contribution < 1.29 is 19.0 Å². The first-order chi connectivity index (χ1) is 6.89. The number of hydrogen-bond donors (Lipinski definition) is 0. The Balaban J connectivity index is 2.82. The normalized spacial score (nSPS) is 41.3. The van der Waals surface area contributed by atoms with Gasteiger partial charge in [-0.1, -0.05) is 0 Å². The maximum atomic E-state index is 11.0. The Morgan fingerprint density at radius 1 is 1.47 bits per heavy atom. The summed E-state index contributed by atoms with van der Waals surface area (Å²) in [6, 6.07) is 0. The van der Waals surface area contributed by atoms with Gasteiger partial charge < -0.3 is 14.2 Å². The molecule has 15 heavy (non-hydrogen) atoms. The summed E-state index contributed by atoms with van der Waals surface area (Å²) in [5.74, 6) is -0.298. The van der Waals surface area contributed by atoms with E-state index in [9.17, 15) is 4.79 Å². The van der Waals surface area contributed by atoms with E-state index in [2.05, 4.69) is 0 Å². The molecule has 0 N–H and O–H groups in total. The number of rotatable bonds is 2. The summed E-state index contributed by atoms with van der Waals surface area (Å²) in [6.07, 6.45) is 0.377. The molecule has 0 saturated carbocycles. The topological polar surface area (TPSA) is 44.8 Å². The molecule has 0 aromatic rings. The first-order valence-electron chi connectivity index (χ1n) is 5.27. The van der Waals surface area contributed by atoms with Gasteiger partial charge in [0.15, 0.2) is 6.10 Å². The third-order valence-corrected chi connectivity index (χ3v) is 2.93. The zero-order chi connectivity index (χ0) is 11.6. The Kier molecular flexibility index (Phi) is 3.73. The summed E-state index contributed by atoms with van der Waals surface area (Å²) >= 11 is 0. The van der Waals surface area contributed by atoms with Gasteiger partial charge in [-0.2, -0.15) is 0 Å². The summed E-state index contributed by atoms with van der Waals surface area (Å²) in [7, 11) is 1.64. The third kappa shape index (κ3) is 2.69. The molecule has 0 aromatic carbocycles. The highest BCUT2D eigenvalue weighted by Gasteiger charge is 2.46. The summed E-state index contributed by atoms with van der Waals surface area (Å²) in [5.41, 5.74) is -0.456. The monoisotopic (exact) mass is 216 g/mol. The quantitative estimate of drug-likeness (QED) is 0.656. The van der Waals surface area contributed by atoms with Crippen LogP contribution in [0.25, 0.3) is 0 Å². The van der Waals surface area contributed by atoms with Gasteiger partial charge in [-0.3, -0.25) is 4.79 Å². The number of ether oxygens (including phenoxy) is 3. The van der Waals surface area contributed by atoms with Gasteiger partial charge in [0.2, 0.25) is 0 Å². The minimum atomic E-state index is -0.456. The molecular formula is C11H20O4. The van der Waals surface area contributed by atoms with Crippen LogP contribution in [0, 0.1) is 0 Å². The number of carbonyl (C=O) groups excluding carboxylic acids is 1. The zero-order valence-corrected chi connectivity index (χ0v) is 10.1. The standard InChI is InChI=1S/C11H20O4/c1-7-6-11(4,13-5)10(8(2)14-7)15-9(3)12/h7-8,10H,6H2,1-5H3/t7?,8-,10-,11+/m0/s1. The van der Waals surface area contributed by atoms with E-state index in [0.29, 0.717) is 0 Å². The smallest absolute Gasteiger partial charge is 0.303 e. The van der Waals surface area contributed by atoms with Crippen LogP contribution in [-0.4, -0.2) is 37.0 Å². The predicted molar refractivity (Wildman–Crippen MR) is 55.6 cm³/mol. The fourth-order valence-corrected chi connectivity index (χ4v) is 2.27. The minimum Gasteiger partial charge on any atom is -0.457 e. The first kappa shape index (κ1) is 12.5. The number of carbonyl (C=O) groups is 1. The van der Waals surface area contributed by atoms with E-state index in [1.165, 1.54) is 6.92 Å². The van der Waals surface area contributed by atoms with Crippen LogP contribution in [0.3, 0.4) is 0 Å². The summed E-state index contributed by atoms with van der Waals surface area (Å²) in [5, 5.41) is 0. The molecule has 4 nitrogen and oxygen atoms in total. The van der Waals surface area contributed by atoms with Crippen molar-refractivity contribution >= 4 is 5.97 Å². The second-order valence-corrected chi connectivity index (χ2v) is 4.40. The minimum absolute atomic E-state index is 0.122. The molecule has 0 aromatic heterocycles. The molecule has 0 aliphatic carbocycles. The fourth-order valence-electron chi connectivity index (χ4n) is 2.27. The van der Waals surface area contributed by atoms with Crippen LogP contribution in [0.1, 0.15) is 34.1 Å². The SMILES string of the molecule is CO[C@]1(C)CC(C)O[C@@H](C)[C@@H]1OC(C)=O. The average molecular weight is 216 g/mol. The molecule has 1 unspecified atom stereocenters. The van der Waals surface area contributed by atoms with Gasteiger partial charge in [-0.15, -0.1) is 0 Å². The second-order valence-electron chi connectivity index (χ2n) is 4.40. The van der Waals surface area contributed by atoms with Gasteiger partial charge in [0.05, 0.1) is 12.2 Å². The Morgan fingerprint density at radius 2 is 2.07 bits per heavy atom. The number of hydrogen-bond acceptors (Lipinski definition) is 4. The maximum absolute atomic E-state index is 11.0. The van der Waals surface area contributed by atoms with E-state index in [4.69, 9.17) is 14.2 Å². The number of esters is 1. The van der Waals surface area contributed by atoms with Crippen LogP contribution < -0.4 is 0 Å². The van der Waals surface area contributed by atoms with Crippen molar-refractivity contribution in [2.75, 3.05) is 7.11 Å². The van der Waals surface area contributed by atoms with Crippen molar-refractivity contribution in [2.24, 2.45) is 0 Å². The van der Waals surface area contributed by atoms with Crippen molar-refractivity contribution in [3.63, 3.8) is 0 Å². The molecule has 1 aliphatic rings. The second kappa shape index (κ2) is 4.49. The lowest BCUT2D eigenvalue weighted by Gasteiger charge is -2.45. The Morgan fingerprint density at radius 3 is 2.53 bits per heavy atom. The summed E-state index contributed by atoms with van der Waals surface area (Å²) < 4.78 is 16.4. The first-order valence-corrected chi connectivity index (χ1v) is 5.27. The highest BCUT2D eigenvalue weighted by atomic mass is 16.6. The van der Waals surface area contributed by atoms with Crippen molar-refractivity contribution in [3.8, 4) is 0 Å². The molecule has 0 spiro atoms. The summed E-state index contributed by atoms with van der Waals surface area (Å²) in [4.78, 5) is 11.0. The van der Waals surface area contributed by atoms with E-state index in [0.717, 1.165) is 6.42 Å². The van der Waals surface area contributed by atoms with Gasteiger partial charge in [0.1, 0.15) is 5.60 Å². The molecule has 0 radical (unpaired) electrons. The highest BCUT2D eigenvalue weighted by molar-refractivity contribution is 5.66. The van der Waals surface area contributed by atoms with Crippen LogP contribution in [0.2, 0.25) is 0 Å². The van der Waals surface area contributed by atoms with E-state index in [-0.39, 0.29) is 24.3 Å². The molecule has 0 amide bonds. The Bertz CT molecular complexity index is 241. The average Bonchev–Trinajstić information content (AvgIpc) is 2.11. The molecule has 1 fully saturated rings. The van der Waals surface area contributed by atoms with Crippen LogP contribution in [0.15, 0.2) is 0 Å². The molecule has 1 heterocycles. The van der Waals surface area contributed by atoms with E-state index in [1.807, 2.05) is 20.8 Å². The molecule has 1 rings (SSSR count). The van der Waals surface area contributed by atoms with Crippen molar-refractivity contribution in [2.45, 2.75) is 58.0 Å². The molecule has 88 valence electrons. The van der Waals surface area contributed by atoms with Crippen LogP contribution in [0.4, 0.5) is 0 Å². The molecule has 4 atom stereocenters. The fraction of sp³-hybridized carbons (Fsp3) is 0.909. The molecule has 1 aliphatic heterocycles. The molecule has 4 heteroatoms. The van der Waals surface area contributed by atoms with E-state index >= 15 is 0 Å². The van der Waals surface area contributed by atoms with Gasteiger partial charge in [0, 0.05) is 20.5 Å². The van der Waals surface area contributed by atoms with E-state index < -0.39 is 5.60 Å². The Labute approximate surface area is 90.9 Å². The molecular weight excluding hydrogens is 196 g/mol. The molecule has 0 bridgehead atoms. The van der Waals surface area contributed by atoms with Crippen LogP contribution in [-0.2, 0) is 19.0 Å². The lowest BCUT2D eigenvalue weighted by atomic mass is 9.86. The van der Waals surface area contributed by atoms with Crippen molar-refractivity contribution in [1.29, 1.82) is 0 Å². The largest absolute Gasteiger partial charge is 0.457 e. The Hall–Kier alpha value is -0.610. The summed E-state index contributed by atoms with van der Waals surface area (Å²) in [6.45, 7) is 7.26. The van der Waals surface area contributed by atoms with Crippen molar-refractivity contribution in [1.82, 2.24) is 0 Å². The van der Waals surface area contributed by atoms with Crippen LogP contribution >= 0.6 is 0 Å². The number of methoxy groups -OCH3 is 1. The molecule has 1 saturated heterocycles. The van der Waals surface area contributed by atoms with E-state index in [1.54, 1.807) is 7.11 Å². The predicted octanol–water partition coefficient (Wildman–Crippen LogP) is 1.52. The van der Waals surface area contributed by atoms with Gasteiger partial charge >= 0.3 is 5.97 Å². The van der Waals surface area contributed by atoms with Gasteiger partial charge in [0.25, 0.3) is 0 Å². The zero-order valence-electron chi connectivity index (χ0n) is 10.1.